The first-order valence-corrected chi connectivity index (χ1v) is 6.64. The van der Waals surface area contributed by atoms with E-state index in [2.05, 4.69) is 16.5 Å². The molecule has 1 amide bonds. The van der Waals surface area contributed by atoms with E-state index in [9.17, 15) is 9.90 Å². The molecular weight excluding hydrogens is 256 g/mol. The Hall–Kier alpha value is -2.14. The molecule has 0 saturated heterocycles. The van der Waals surface area contributed by atoms with E-state index in [4.69, 9.17) is 4.52 Å². The van der Waals surface area contributed by atoms with Crippen LogP contribution in [0.4, 0.5) is 0 Å². The van der Waals surface area contributed by atoms with Gasteiger partial charge in [-0.15, -0.1) is 0 Å². The minimum absolute atomic E-state index is 0.157. The van der Waals surface area contributed by atoms with E-state index < -0.39 is 5.60 Å². The van der Waals surface area contributed by atoms with Crippen LogP contribution in [0.5, 0.6) is 0 Å². The van der Waals surface area contributed by atoms with E-state index in [1.54, 1.807) is 0 Å². The quantitative estimate of drug-likeness (QED) is 0.883. The van der Waals surface area contributed by atoms with Gasteiger partial charge in [0.25, 0.3) is 5.91 Å². The molecule has 0 spiro atoms. The van der Waals surface area contributed by atoms with Crippen LogP contribution in [0.3, 0.4) is 0 Å². The van der Waals surface area contributed by atoms with Crippen LogP contribution in [0.1, 0.15) is 28.1 Å². The predicted octanol–water partition coefficient (Wildman–Crippen LogP) is 1.32. The van der Waals surface area contributed by atoms with Crippen molar-refractivity contribution < 1.29 is 14.4 Å². The Bertz CT molecular complexity index is 609. The molecule has 0 bridgehead atoms. The third-order valence-electron chi connectivity index (χ3n) is 3.74. The lowest BCUT2D eigenvalue weighted by Gasteiger charge is -2.33. The van der Waals surface area contributed by atoms with Crippen molar-refractivity contribution in [2.24, 2.45) is 0 Å². The molecule has 1 aliphatic carbocycles. The maximum absolute atomic E-state index is 11.8. The Kier molecular flexibility index (Phi) is 3.28. The highest BCUT2D eigenvalue weighted by Gasteiger charge is 2.32. The molecule has 3 rings (SSSR count). The molecule has 1 aromatic carbocycles. The maximum atomic E-state index is 11.8. The molecule has 20 heavy (non-hydrogen) atoms. The first kappa shape index (κ1) is 12.9. The second-order valence-electron chi connectivity index (χ2n) is 5.23. The number of nitrogens with one attached hydrogen (secondary N) is 1. The van der Waals surface area contributed by atoms with Gasteiger partial charge >= 0.3 is 0 Å². The predicted molar refractivity (Wildman–Crippen MR) is 72.3 cm³/mol. The molecule has 1 atom stereocenters. The number of amides is 1. The molecule has 2 aromatic rings. The van der Waals surface area contributed by atoms with Crippen LogP contribution in [0.2, 0.25) is 0 Å². The van der Waals surface area contributed by atoms with E-state index in [0.717, 1.165) is 12.0 Å². The minimum atomic E-state index is -0.899. The fourth-order valence-corrected chi connectivity index (χ4v) is 2.60. The number of benzene rings is 1. The molecule has 0 aliphatic heterocycles. The summed E-state index contributed by atoms with van der Waals surface area (Å²) in [7, 11) is 0. The van der Waals surface area contributed by atoms with Gasteiger partial charge in [0.2, 0.25) is 5.76 Å². The lowest BCUT2D eigenvalue weighted by atomic mass is 9.80. The number of rotatable bonds is 3. The summed E-state index contributed by atoms with van der Waals surface area (Å²) >= 11 is 0. The number of fused-ring (bicyclic) bond motifs is 1. The normalized spacial score (nSPS) is 21.2. The standard InChI is InChI=1S/C15H16N2O3/c18-14(13-6-8-17-20-13)16-10-15(19)7-5-11-3-1-2-4-12(11)9-15/h1-4,6,8,19H,5,7,9-10H2,(H,16,18). The summed E-state index contributed by atoms with van der Waals surface area (Å²) in [5.74, 6) is -0.195. The van der Waals surface area contributed by atoms with Gasteiger partial charge in [0.1, 0.15) is 0 Å². The van der Waals surface area contributed by atoms with E-state index in [-0.39, 0.29) is 18.2 Å². The third kappa shape index (κ3) is 2.58. The first-order valence-electron chi connectivity index (χ1n) is 6.64. The largest absolute Gasteiger partial charge is 0.388 e. The molecule has 0 radical (unpaired) electrons. The van der Waals surface area contributed by atoms with Gasteiger partial charge in [-0.2, -0.15) is 0 Å². The van der Waals surface area contributed by atoms with Gasteiger partial charge in [0.15, 0.2) is 0 Å². The molecular formula is C15H16N2O3. The van der Waals surface area contributed by atoms with Crippen molar-refractivity contribution in [3.8, 4) is 0 Å². The highest BCUT2D eigenvalue weighted by molar-refractivity contribution is 5.91. The average molecular weight is 272 g/mol. The Morgan fingerprint density at radius 3 is 2.90 bits per heavy atom. The number of nitrogens with zero attached hydrogens (tertiary/aromatic N) is 1. The monoisotopic (exact) mass is 272 g/mol. The molecule has 2 N–H and O–H groups in total. The van der Waals surface area contributed by atoms with Crippen LogP contribution in [-0.2, 0) is 12.8 Å². The van der Waals surface area contributed by atoms with Gasteiger partial charge in [-0.1, -0.05) is 29.4 Å². The smallest absolute Gasteiger partial charge is 0.289 e. The summed E-state index contributed by atoms with van der Waals surface area (Å²) < 4.78 is 4.78. The van der Waals surface area contributed by atoms with Gasteiger partial charge in [-0.3, -0.25) is 4.79 Å². The van der Waals surface area contributed by atoms with Crippen LogP contribution >= 0.6 is 0 Å². The Morgan fingerprint density at radius 2 is 2.15 bits per heavy atom. The van der Waals surface area contributed by atoms with E-state index in [1.165, 1.54) is 17.8 Å². The average Bonchev–Trinajstić information content (AvgIpc) is 2.99. The lowest BCUT2D eigenvalue weighted by molar-refractivity contribution is 0.0255. The highest BCUT2D eigenvalue weighted by atomic mass is 16.5. The first-order chi connectivity index (χ1) is 9.66. The number of aromatic nitrogens is 1. The van der Waals surface area contributed by atoms with Crippen molar-refractivity contribution in [2.45, 2.75) is 24.9 Å². The van der Waals surface area contributed by atoms with Crippen LogP contribution in [0, 0.1) is 0 Å². The van der Waals surface area contributed by atoms with Crippen molar-refractivity contribution in [1.82, 2.24) is 10.5 Å². The van der Waals surface area contributed by atoms with E-state index >= 15 is 0 Å². The van der Waals surface area contributed by atoms with Crippen LogP contribution in [-0.4, -0.2) is 28.3 Å². The van der Waals surface area contributed by atoms with Crippen LogP contribution in [0.15, 0.2) is 41.1 Å². The van der Waals surface area contributed by atoms with Crippen molar-refractivity contribution in [3.05, 3.63) is 53.4 Å². The highest BCUT2D eigenvalue weighted by Crippen LogP contribution is 2.28. The molecule has 5 heteroatoms. The minimum Gasteiger partial charge on any atom is -0.388 e. The fraction of sp³-hybridized carbons (Fsp3) is 0.333. The molecule has 1 aliphatic rings. The van der Waals surface area contributed by atoms with E-state index in [0.29, 0.717) is 12.8 Å². The number of aryl methyl sites for hydroxylation is 1. The topological polar surface area (TPSA) is 75.4 Å². The summed E-state index contributed by atoms with van der Waals surface area (Å²) in [4.78, 5) is 11.8. The summed E-state index contributed by atoms with van der Waals surface area (Å²) in [6.45, 7) is 0.209. The molecule has 0 saturated carbocycles. The zero-order valence-electron chi connectivity index (χ0n) is 11.0. The van der Waals surface area contributed by atoms with Gasteiger partial charge < -0.3 is 14.9 Å². The number of carbonyl (C=O) groups excluding carboxylic acids is 1. The summed E-state index contributed by atoms with van der Waals surface area (Å²) in [6.07, 6.45) is 3.44. The molecule has 1 aromatic heterocycles. The van der Waals surface area contributed by atoms with Crippen LogP contribution in [0.25, 0.3) is 0 Å². The Morgan fingerprint density at radius 1 is 1.35 bits per heavy atom. The van der Waals surface area contributed by atoms with Gasteiger partial charge in [0, 0.05) is 19.0 Å². The molecule has 1 unspecified atom stereocenters. The number of aliphatic hydroxyl groups is 1. The van der Waals surface area contributed by atoms with Gasteiger partial charge in [-0.25, -0.2) is 0 Å². The Labute approximate surface area is 116 Å². The Balaban J connectivity index is 1.65. The zero-order chi connectivity index (χ0) is 14.0. The van der Waals surface area contributed by atoms with Crippen molar-refractivity contribution in [2.75, 3.05) is 6.54 Å². The molecule has 1 heterocycles. The van der Waals surface area contributed by atoms with Crippen molar-refractivity contribution in [1.29, 1.82) is 0 Å². The third-order valence-corrected chi connectivity index (χ3v) is 3.74. The fourth-order valence-electron chi connectivity index (χ4n) is 2.60. The number of hydrogen-bond donors (Lipinski definition) is 2. The lowest BCUT2D eigenvalue weighted by Crippen LogP contribution is -2.46. The molecule has 5 nitrogen and oxygen atoms in total. The molecule has 104 valence electrons. The SMILES string of the molecule is O=C(NCC1(O)CCc2ccccc2C1)c1ccno1. The second kappa shape index (κ2) is 5.09. The van der Waals surface area contributed by atoms with E-state index in [1.807, 2.05) is 18.2 Å². The zero-order valence-corrected chi connectivity index (χ0v) is 11.0. The summed E-state index contributed by atoms with van der Waals surface area (Å²) in [5, 5.41) is 16.8. The number of carbonyl (C=O) groups is 1. The van der Waals surface area contributed by atoms with Crippen molar-refractivity contribution >= 4 is 5.91 Å². The summed E-state index contributed by atoms with van der Waals surface area (Å²) in [5.41, 5.74) is 1.53. The molecule has 0 fully saturated rings. The maximum Gasteiger partial charge on any atom is 0.289 e. The second-order valence-corrected chi connectivity index (χ2v) is 5.23. The van der Waals surface area contributed by atoms with Crippen LogP contribution < -0.4 is 5.32 Å². The summed E-state index contributed by atoms with van der Waals surface area (Å²) in [6, 6.07) is 9.59. The van der Waals surface area contributed by atoms with Crippen molar-refractivity contribution in [3.63, 3.8) is 0 Å². The van der Waals surface area contributed by atoms with Gasteiger partial charge in [-0.05, 0) is 24.0 Å². The van der Waals surface area contributed by atoms with Gasteiger partial charge in [0.05, 0.1) is 11.8 Å². The number of hydrogen-bond acceptors (Lipinski definition) is 4.